The molecule has 0 N–H and O–H groups in total. The Morgan fingerprint density at radius 2 is 1.71 bits per heavy atom. The topological polar surface area (TPSA) is 8.29 Å². The van der Waals surface area contributed by atoms with Crippen LogP contribution in [0.1, 0.15) is 110 Å². The Hall–Kier alpha value is -1.83. The average Bonchev–Trinajstić information content (AvgIpc) is 3.02. The lowest BCUT2D eigenvalue weighted by Crippen LogP contribution is -2.67. The molecule has 2 atom stereocenters. The number of hydrogen-bond donors (Lipinski definition) is 0. The first-order valence-electron chi connectivity index (χ1n) is 12.6. The molecule has 31 heavy (non-hydrogen) atoms. The fraction of sp³-hybridized carbons (Fsp3) is 0.621. The highest BCUT2D eigenvalue weighted by Gasteiger charge is 2.55. The van der Waals surface area contributed by atoms with Crippen molar-refractivity contribution in [2.24, 2.45) is 0 Å². The molecule has 2 aromatic heterocycles. The second kappa shape index (κ2) is 7.36. The van der Waals surface area contributed by atoms with Crippen molar-refractivity contribution >= 4 is 16.4 Å². The molecule has 1 aliphatic rings. The van der Waals surface area contributed by atoms with Gasteiger partial charge in [0.1, 0.15) is 23.1 Å². The van der Waals surface area contributed by atoms with Crippen LogP contribution in [0, 0.1) is 13.8 Å². The molecule has 2 unspecified atom stereocenters. The normalized spacial score (nSPS) is 23.4. The second-order valence-electron chi connectivity index (χ2n) is 11.1. The summed E-state index contributed by atoms with van der Waals surface area (Å²) in [6.45, 7) is 21.6. The van der Waals surface area contributed by atoms with Gasteiger partial charge in [0.05, 0.1) is 5.39 Å². The third-order valence-corrected chi connectivity index (χ3v) is 9.30. The van der Waals surface area contributed by atoms with E-state index in [1.807, 2.05) is 0 Å². The minimum absolute atomic E-state index is 0.0603. The minimum Gasteiger partial charge on any atom is -0.221 e. The largest absolute Gasteiger partial charge is 0.295 e. The van der Waals surface area contributed by atoms with E-state index in [0.717, 1.165) is 12.8 Å². The molecular formula is C29H43N2+. The van der Waals surface area contributed by atoms with E-state index in [1.165, 1.54) is 59.1 Å². The molecule has 3 heterocycles. The van der Waals surface area contributed by atoms with Gasteiger partial charge in [-0.25, -0.2) is 4.57 Å². The van der Waals surface area contributed by atoms with Gasteiger partial charge in [-0.2, -0.15) is 4.40 Å². The van der Waals surface area contributed by atoms with Gasteiger partial charge in [0.15, 0.2) is 0 Å². The maximum Gasteiger partial charge on any atom is 0.295 e. The van der Waals surface area contributed by atoms with Crippen LogP contribution in [0.2, 0.25) is 0 Å². The van der Waals surface area contributed by atoms with Crippen LogP contribution >= 0.6 is 0 Å². The first-order valence-corrected chi connectivity index (χ1v) is 12.6. The maximum absolute atomic E-state index is 2.70. The second-order valence-corrected chi connectivity index (χ2v) is 11.1. The van der Waals surface area contributed by atoms with Gasteiger partial charge in [0.2, 0.25) is 0 Å². The summed E-state index contributed by atoms with van der Waals surface area (Å²) in [6.07, 6.45) is 9.89. The lowest BCUT2D eigenvalue weighted by molar-refractivity contribution is -0.755. The Morgan fingerprint density at radius 3 is 2.32 bits per heavy atom. The van der Waals surface area contributed by atoms with Crippen LogP contribution in [0.15, 0.2) is 24.4 Å². The maximum atomic E-state index is 2.70. The van der Waals surface area contributed by atoms with E-state index in [1.54, 1.807) is 5.56 Å². The SMILES string of the molecule is CCCCCC(C)(C)c1cn2c(C)c(C)[n+]3c2c2c(cccc12)C(C)(CC)C3(C)CC. The summed E-state index contributed by atoms with van der Waals surface area (Å²) < 4.78 is 5.23. The first kappa shape index (κ1) is 22.4. The van der Waals surface area contributed by atoms with Gasteiger partial charge in [-0.15, -0.1) is 0 Å². The van der Waals surface area contributed by atoms with Gasteiger partial charge in [-0.05, 0) is 42.6 Å². The highest BCUT2D eigenvalue weighted by atomic mass is 15.2. The summed E-state index contributed by atoms with van der Waals surface area (Å²) in [5.74, 6) is 0. The zero-order valence-electron chi connectivity index (χ0n) is 21.4. The molecule has 2 nitrogen and oxygen atoms in total. The Bertz CT molecular complexity index is 1150. The molecule has 0 fully saturated rings. The summed E-state index contributed by atoms with van der Waals surface area (Å²) in [4.78, 5) is 0. The molecule has 0 bridgehead atoms. The van der Waals surface area contributed by atoms with Crippen molar-refractivity contribution in [1.29, 1.82) is 0 Å². The van der Waals surface area contributed by atoms with E-state index in [9.17, 15) is 0 Å². The molecule has 0 saturated carbocycles. The van der Waals surface area contributed by atoms with Crippen molar-refractivity contribution < 1.29 is 4.57 Å². The molecule has 4 rings (SSSR count). The fourth-order valence-electron chi connectivity index (χ4n) is 6.58. The van der Waals surface area contributed by atoms with Gasteiger partial charge in [0.25, 0.3) is 5.65 Å². The molecular weight excluding hydrogens is 376 g/mol. The number of imidazole rings is 1. The van der Waals surface area contributed by atoms with Crippen LogP contribution < -0.4 is 4.57 Å². The van der Waals surface area contributed by atoms with E-state index in [0.29, 0.717) is 0 Å². The molecule has 1 aliphatic heterocycles. The van der Waals surface area contributed by atoms with E-state index in [-0.39, 0.29) is 16.4 Å². The summed E-state index contributed by atoms with van der Waals surface area (Å²) in [7, 11) is 0. The predicted molar refractivity (Wildman–Crippen MR) is 133 cm³/mol. The van der Waals surface area contributed by atoms with Crippen molar-refractivity contribution in [3.05, 3.63) is 46.9 Å². The Labute approximate surface area is 189 Å². The molecule has 1 aromatic carbocycles. The number of hydrogen-bond acceptors (Lipinski definition) is 0. The number of unbranched alkanes of at least 4 members (excludes halogenated alkanes) is 2. The average molecular weight is 420 g/mol. The Kier molecular flexibility index (Phi) is 5.31. The summed E-state index contributed by atoms with van der Waals surface area (Å²) >= 11 is 0. The number of pyridine rings is 1. The highest BCUT2D eigenvalue weighted by molar-refractivity contribution is 5.99. The number of benzene rings is 1. The van der Waals surface area contributed by atoms with Gasteiger partial charge >= 0.3 is 0 Å². The number of nitrogens with zero attached hydrogens (tertiary/aromatic N) is 2. The standard InChI is InChI=1S/C29H43N2/c1-10-13-14-18-27(6,7)24-19-30-20(4)21(5)31-26(30)25-22(24)16-15-17-23(25)28(8,11-2)29(31,9)12-3/h15-17,19H,10-14,18H2,1-9H3/q+1. The van der Waals surface area contributed by atoms with Crippen molar-refractivity contribution in [3.63, 3.8) is 0 Å². The molecule has 0 aliphatic carbocycles. The van der Waals surface area contributed by atoms with E-state index < -0.39 is 0 Å². The summed E-state index contributed by atoms with van der Waals surface area (Å²) in [5, 5.41) is 2.96. The lowest BCUT2D eigenvalue weighted by Gasteiger charge is -2.47. The molecule has 0 radical (unpaired) electrons. The van der Waals surface area contributed by atoms with E-state index in [2.05, 4.69) is 95.7 Å². The molecule has 168 valence electrons. The summed E-state index contributed by atoms with van der Waals surface area (Å²) in [5.41, 5.74) is 7.59. The molecule has 2 heteroatoms. The van der Waals surface area contributed by atoms with Crippen LogP contribution in [-0.2, 0) is 16.4 Å². The van der Waals surface area contributed by atoms with E-state index in [4.69, 9.17) is 0 Å². The zero-order valence-corrected chi connectivity index (χ0v) is 21.4. The Balaban J connectivity index is 2.17. The van der Waals surface area contributed by atoms with Crippen LogP contribution in [0.4, 0.5) is 0 Å². The molecule has 0 spiro atoms. The Morgan fingerprint density at radius 1 is 1.00 bits per heavy atom. The number of aromatic nitrogens is 2. The van der Waals surface area contributed by atoms with Crippen LogP contribution in [0.25, 0.3) is 16.4 Å². The number of aryl methyl sites for hydroxylation is 1. The fourth-order valence-corrected chi connectivity index (χ4v) is 6.58. The van der Waals surface area contributed by atoms with Crippen molar-refractivity contribution in [2.75, 3.05) is 0 Å². The lowest BCUT2D eigenvalue weighted by atomic mass is 9.61. The number of rotatable bonds is 7. The van der Waals surface area contributed by atoms with Crippen LogP contribution in [-0.4, -0.2) is 4.40 Å². The third kappa shape index (κ3) is 2.79. The quantitative estimate of drug-likeness (QED) is 0.274. The molecule has 0 amide bonds. The molecule has 3 aromatic rings. The molecule has 0 saturated heterocycles. The van der Waals surface area contributed by atoms with Crippen molar-refractivity contribution in [2.45, 2.75) is 117 Å². The van der Waals surface area contributed by atoms with Gasteiger partial charge in [0, 0.05) is 24.8 Å². The van der Waals surface area contributed by atoms with Crippen LogP contribution in [0.5, 0.6) is 0 Å². The van der Waals surface area contributed by atoms with Gasteiger partial charge in [-0.1, -0.05) is 79.0 Å². The summed E-state index contributed by atoms with van der Waals surface area (Å²) in [6, 6.07) is 7.14. The van der Waals surface area contributed by atoms with Crippen molar-refractivity contribution in [3.8, 4) is 0 Å². The minimum atomic E-state index is 0.0603. The van der Waals surface area contributed by atoms with Gasteiger partial charge in [-0.3, -0.25) is 0 Å². The third-order valence-electron chi connectivity index (χ3n) is 9.30. The predicted octanol–water partition coefficient (Wildman–Crippen LogP) is 7.66. The zero-order chi connectivity index (χ0) is 22.8. The van der Waals surface area contributed by atoms with E-state index >= 15 is 0 Å². The smallest absolute Gasteiger partial charge is 0.221 e. The monoisotopic (exact) mass is 419 g/mol. The highest BCUT2D eigenvalue weighted by Crippen LogP contribution is 2.50. The van der Waals surface area contributed by atoms with Crippen LogP contribution in [0.3, 0.4) is 0 Å². The first-order chi connectivity index (χ1) is 14.6. The van der Waals surface area contributed by atoms with Gasteiger partial charge < -0.3 is 0 Å². The van der Waals surface area contributed by atoms with Crippen molar-refractivity contribution in [1.82, 2.24) is 4.40 Å².